The van der Waals surface area contributed by atoms with E-state index in [2.05, 4.69) is 45.0 Å². The second-order valence-electron chi connectivity index (χ2n) is 11.3. The van der Waals surface area contributed by atoms with Gasteiger partial charge in [-0.15, -0.1) is 0 Å². The normalized spacial score (nSPS) is 45.0. The van der Waals surface area contributed by atoms with Crippen molar-refractivity contribution in [1.82, 2.24) is 0 Å². The fraction of sp³-hybridized carbons (Fsp3) is 0.741. The number of fused-ring (bicyclic) bond motifs is 5. The Morgan fingerprint density at radius 2 is 1.64 bits per heavy atom. The highest BCUT2D eigenvalue weighted by Gasteiger charge is 2.57. The number of hydrogen-bond acceptors (Lipinski definition) is 1. The molecular weight excluding hydrogens is 338 g/mol. The zero-order chi connectivity index (χ0) is 19.5. The molecule has 0 heterocycles. The van der Waals surface area contributed by atoms with Crippen molar-refractivity contribution in [3.8, 4) is 0 Å². The smallest absolute Gasteiger partial charge is 0.0422 e. The minimum absolute atomic E-state index is 0.373. The third-order valence-corrected chi connectivity index (χ3v) is 9.93. The maximum atomic E-state index is 9.05. The molecule has 0 amide bonds. The minimum atomic E-state index is 0.373. The SMILES string of the molecule is Cc1ccc(C(=N)[C@H]2CC[C@H]3[C@@H]4CC[C@@H]5C[C@@H](C)CC[C@@H]5[C@H]4CC[C@]23C)cc1. The largest absolute Gasteiger partial charge is 0.304 e. The summed E-state index contributed by atoms with van der Waals surface area (Å²) in [5.41, 5.74) is 3.78. The lowest BCUT2D eigenvalue weighted by molar-refractivity contribution is -0.0607. The molecule has 0 radical (unpaired) electrons. The first-order valence-corrected chi connectivity index (χ1v) is 12.1. The van der Waals surface area contributed by atoms with Crippen LogP contribution in [0.1, 0.15) is 82.8 Å². The molecule has 1 heteroatoms. The van der Waals surface area contributed by atoms with Crippen molar-refractivity contribution < 1.29 is 0 Å². The van der Waals surface area contributed by atoms with Crippen molar-refractivity contribution in [2.75, 3.05) is 0 Å². The third-order valence-electron chi connectivity index (χ3n) is 9.93. The lowest BCUT2D eigenvalue weighted by atomic mass is 9.49. The summed E-state index contributed by atoms with van der Waals surface area (Å²) in [6.45, 7) is 7.20. The zero-order valence-corrected chi connectivity index (χ0v) is 18.2. The highest BCUT2D eigenvalue weighted by molar-refractivity contribution is 6.00. The molecule has 4 aliphatic carbocycles. The van der Waals surface area contributed by atoms with E-state index in [0.29, 0.717) is 11.3 Å². The average Bonchev–Trinajstić information content (AvgIpc) is 3.04. The van der Waals surface area contributed by atoms with Crippen molar-refractivity contribution in [2.24, 2.45) is 46.8 Å². The number of rotatable bonds is 2. The summed E-state index contributed by atoms with van der Waals surface area (Å²) in [4.78, 5) is 0. The Morgan fingerprint density at radius 1 is 0.893 bits per heavy atom. The van der Waals surface area contributed by atoms with Crippen LogP contribution in [-0.2, 0) is 0 Å². The summed E-state index contributed by atoms with van der Waals surface area (Å²) in [7, 11) is 0. The lowest BCUT2D eigenvalue weighted by Crippen LogP contribution is -2.49. The van der Waals surface area contributed by atoms with Gasteiger partial charge in [0, 0.05) is 11.6 Å². The van der Waals surface area contributed by atoms with Gasteiger partial charge in [0.05, 0.1) is 0 Å². The van der Waals surface area contributed by atoms with E-state index in [4.69, 9.17) is 5.41 Å². The summed E-state index contributed by atoms with van der Waals surface area (Å²) >= 11 is 0. The second-order valence-corrected chi connectivity index (χ2v) is 11.3. The Bertz CT molecular complexity index is 733. The topological polar surface area (TPSA) is 23.9 Å². The average molecular weight is 378 g/mol. The molecular formula is C27H39N. The van der Waals surface area contributed by atoms with Gasteiger partial charge in [-0.3, -0.25) is 0 Å². The Balaban J connectivity index is 1.37. The van der Waals surface area contributed by atoms with Crippen LogP contribution >= 0.6 is 0 Å². The van der Waals surface area contributed by atoms with Crippen molar-refractivity contribution in [3.63, 3.8) is 0 Å². The Hall–Kier alpha value is -1.11. The first-order valence-electron chi connectivity index (χ1n) is 12.1. The van der Waals surface area contributed by atoms with Crippen LogP contribution in [0.25, 0.3) is 0 Å². The summed E-state index contributed by atoms with van der Waals surface area (Å²) in [6.07, 6.45) is 12.9. The fourth-order valence-corrected chi connectivity index (χ4v) is 8.50. The van der Waals surface area contributed by atoms with Gasteiger partial charge in [-0.05, 0) is 105 Å². The Kier molecular flexibility index (Phi) is 4.72. The number of benzene rings is 1. The van der Waals surface area contributed by atoms with Gasteiger partial charge in [-0.2, -0.15) is 0 Å². The molecule has 152 valence electrons. The van der Waals surface area contributed by atoms with Gasteiger partial charge in [0.2, 0.25) is 0 Å². The molecule has 4 saturated carbocycles. The standard InChI is InChI=1S/C27H39N/c1-17-4-7-19(8-5-17)26(28)25-13-12-24-23-11-9-20-16-18(2)6-10-21(20)22(23)14-15-27(24,25)3/h4-5,7-8,18,20-25,28H,6,9-16H2,1-3H3/t18-,20+,21-,22+,23+,24-,25+,27-/m0/s1. The molecule has 0 unspecified atom stereocenters. The van der Waals surface area contributed by atoms with E-state index in [1.165, 1.54) is 68.9 Å². The van der Waals surface area contributed by atoms with Gasteiger partial charge >= 0.3 is 0 Å². The van der Waals surface area contributed by atoms with Crippen molar-refractivity contribution in [2.45, 2.75) is 78.6 Å². The van der Waals surface area contributed by atoms with E-state index in [1.807, 2.05) is 0 Å². The van der Waals surface area contributed by atoms with Gasteiger partial charge in [-0.25, -0.2) is 0 Å². The highest BCUT2D eigenvalue weighted by atomic mass is 14.6. The number of hydrogen-bond donors (Lipinski definition) is 1. The quantitative estimate of drug-likeness (QED) is 0.524. The van der Waals surface area contributed by atoms with Gasteiger partial charge in [0.15, 0.2) is 0 Å². The number of aryl methyl sites for hydroxylation is 1. The molecule has 4 aliphatic rings. The maximum absolute atomic E-state index is 9.05. The van der Waals surface area contributed by atoms with Gasteiger partial charge in [-0.1, -0.05) is 50.1 Å². The van der Waals surface area contributed by atoms with Crippen LogP contribution in [0.5, 0.6) is 0 Å². The van der Waals surface area contributed by atoms with Crippen LogP contribution in [0.15, 0.2) is 24.3 Å². The van der Waals surface area contributed by atoms with Gasteiger partial charge in [0.1, 0.15) is 0 Å². The van der Waals surface area contributed by atoms with Crippen molar-refractivity contribution in [1.29, 1.82) is 5.41 Å². The predicted octanol–water partition coefficient (Wildman–Crippen LogP) is 7.27. The van der Waals surface area contributed by atoms with Crippen LogP contribution in [0, 0.1) is 59.2 Å². The Labute approximate surface area is 172 Å². The summed E-state index contributed by atoms with van der Waals surface area (Å²) in [5, 5.41) is 9.05. The van der Waals surface area contributed by atoms with Gasteiger partial charge in [0.25, 0.3) is 0 Å². The molecule has 1 N–H and O–H groups in total. The van der Waals surface area contributed by atoms with Crippen LogP contribution in [0.4, 0.5) is 0 Å². The second kappa shape index (κ2) is 6.99. The molecule has 0 aromatic heterocycles. The molecule has 0 saturated heterocycles. The monoisotopic (exact) mass is 377 g/mol. The van der Waals surface area contributed by atoms with Gasteiger partial charge < -0.3 is 5.41 Å². The predicted molar refractivity (Wildman–Crippen MR) is 118 cm³/mol. The molecule has 8 atom stereocenters. The maximum Gasteiger partial charge on any atom is 0.0422 e. The van der Waals surface area contributed by atoms with E-state index in [1.54, 1.807) is 0 Å². The molecule has 0 bridgehead atoms. The molecule has 1 nitrogen and oxygen atoms in total. The van der Waals surface area contributed by atoms with E-state index < -0.39 is 0 Å². The third kappa shape index (κ3) is 2.91. The Morgan fingerprint density at radius 3 is 2.43 bits per heavy atom. The van der Waals surface area contributed by atoms with Crippen molar-refractivity contribution in [3.05, 3.63) is 35.4 Å². The fourth-order valence-electron chi connectivity index (χ4n) is 8.50. The van der Waals surface area contributed by atoms with Crippen molar-refractivity contribution >= 4 is 5.71 Å². The first-order chi connectivity index (χ1) is 13.5. The first kappa shape index (κ1) is 18.9. The van der Waals surface area contributed by atoms with Crippen LogP contribution in [0.2, 0.25) is 0 Å². The molecule has 1 aromatic rings. The van der Waals surface area contributed by atoms with Crippen LogP contribution in [-0.4, -0.2) is 5.71 Å². The van der Waals surface area contributed by atoms with Crippen LogP contribution in [0.3, 0.4) is 0 Å². The molecule has 28 heavy (non-hydrogen) atoms. The van der Waals surface area contributed by atoms with E-state index in [0.717, 1.165) is 41.2 Å². The van der Waals surface area contributed by atoms with E-state index in [9.17, 15) is 0 Å². The molecule has 4 fully saturated rings. The summed E-state index contributed by atoms with van der Waals surface area (Å²) < 4.78 is 0. The van der Waals surface area contributed by atoms with Crippen LogP contribution < -0.4 is 0 Å². The molecule has 5 rings (SSSR count). The highest BCUT2D eigenvalue weighted by Crippen LogP contribution is 2.64. The zero-order valence-electron chi connectivity index (χ0n) is 18.2. The lowest BCUT2D eigenvalue weighted by Gasteiger charge is -2.56. The summed E-state index contributed by atoms with van der Waals surface area (Å²) in [5.74, 6) is 6.37. The van der Waals surface area contributed by atoms with E-state index >= 15 is 0 Å². The molecule has 0 spiro atoms. The van der Waals surface area contributed by atoms with E-state index in [-0.39, 0.29) is 0 Å². The molecule has 1 aromatic carbocycles. The summed E-state index contributed by atoms with van der Waals surface area (Å²) in [6, 6.07) is 8.74. The molecule has 0 aliphatic heterocycles. The number of nitrogens with one attached hydrogen (secondary N) is 1. The minimum Gasteiger partial charge on any atom is -0.304 e.